The normalized spacial score (nSPS) is 12.2. The monoisotopic (exact) mass is 462 g/mol. The largest absolute Gasteiger partial charge is 0.507 e. The molecule has 0 unspecified atom stereocenters. The summed E-state index contributed by atoms with van der Waals surface area (Å²) in [5.74, 6) is 1.27. The Balaban J connectivity index is 1.56. The number of rotatable bonds is 10. The van der Waals surface area contributed by atoms with Crippen LogP contribution in [-0.2, 0) is 18.0 Å². The Hall–Kier alpha value is -3.10. The Morgan fingerprint density at radius 3 is 2.36 bits per heavy atom. The van der Waals surface area contributed by atoms with Gasteiger partial charge in [0, 0.05) is 17.0 Å². The summed E-state index contributed by atoms with van der Waals surface area (Å²) in [6.07, 6.45) is 0.0159. The Labute approximate surface area is 191 Å². The Morgan fingerprint density at radius 1 is 1.03 bits per heavy atom. The van der Waals surface area contributed by atoms with Crippen LogP contribution in [0.4, 0.5) is 13.2 Å². The number of phenols is 1. The van der Waals surface area contributed by atoms with E-state index in [0.717, 1.165) is 43.4 Å². The number of aromatic amines is 1. The molecule has 33 heavy (non-hydrogen) atoms. The van der Waals surface area contributed by atoms with E-state index < -0.39 is 11.7 Å². The maximum absolute atomic E-state index is 12.8. The van der Waals surface area contributed by atoms with E-state index in [9.17, 15) is 18.3 Å². The number of aromatic nitrogens is 4. The molecule has 9 heteroatoms. The van der Waals surface area contributed by atoms with Crippen molar-refractivity contribution in [1.82, 2.24) is 20.6 Å². The highest BCUT2D eigenvalue weighted by Gasteiger charge is 2.30. The van der Waals surface area contributed by atoms with Gasteiger partial charge in [0.15, 0.2) is 5.82 Å². The third-order valence-corrected chi connectivity index (χ3v) is 5.74. The van der Waals surface area contributed by atoms with Gasteiger partial charge in [-0.05, 0) is 48.6 Å². The molecule has 0 spiro atoms. The van der Waals surface area contributed by atoms with Crippen LogP contribution in [0.3, 0.4) is 0 Å². The maximum Gasteiger partial charge on any atom is 0.416 e. The zero-order chi connectivity index (χ0) is 24.1. The molecule has 0 fully saturated rings. The summed E-state index contributed by atoms with van der Waals surface area (Å²) >= 11 is 0. The van der Waals surface area contributed by atoms with Gasteiger partial charge in [-0.1, -0.05) is 51.0 Å². The number of unbranched alkanes of at least 4 members (excludes halogenated alkanes) is 2. The number of nitrogens with one attached hydrogen (secondary N) is 1. The van der Waals surface area contributed by atoms with Crippen LogP contribution in [0.25, 0.3) is 11.1 Å². The molecule has 0 aliphatic rings. The lowest BCUT2D eigenvalue weighted by atomic mass is 9.86. The lowest BCUT2D eigenvalue weighted by Gasteiger charge is -2.20. The molecule has 0 aliphatic carbocycles. The number of alkyl halides is 3. The molecule has 3 aromatic rings. The minimum atomic E-state index is -4.39. The molecule has 1 heterocycles. The fourth-order valence-electron chi connectivity index (χ4n) is 3.68. The molecule has 0 bridgehead atoms. The van der Waals surface area contributed by atoms with Crippen molar-refractivity contribution in [2.75, 3.05) is 6.61 Å². The van der Waals surface area contributed by atoms with E-state index >= 15 is 0 Å². The topological polar surface area (TPSA) is 83.9 Å². The zero-order valence-electron chi connectivity index (χ0n) is 19.0. The lowest BCUT2D eigenvalue weighted by molar-refractivity contribution is -0.137. The summed E-state index contributed by atoms with van der Waals surface area (Å²) in [5, 5.41) is 24.7. The van der Waals surface area contributed by atoms with Gasteiger partial charge in [-0.2, -0.15) is 18.4 Å². The van der Waals surface area contributed by atoms with E-state index in [1.165, 1.54) is 12.1 Å². The third kappa shape index (κ3) is 6.24. The minimum Gasteiger partial charge on any atom is -0.507 e. The number of phenolic OH excluding ortho intramolecular Hbond substituents is 1. The van der Waals surface area contributed by atoms with Crippen molar-refractivity contribution in [1.29, 1.82) is 0 Å². The van der Waals surface area contributed by atoms with Crippen molar-refractivity contribution in [3.63, 3.8) is 0 Å². The van der Waals surface area contributed by atoms with Gasteiger partial charge in [-0.15, -0.1) is 10.2 Å². The smallest absolute Gasteiger partial charge is 0.416 e. The van der Waals surface area contributed by atoms with Crippen LogP contribution in [0.5, 0.6) is 11.5 Å². The van der Waals surface area contributed by atoms with Crippen molar-refractivity contribution in [3.8, 4) is 22.6 Å². The Morgan fingerprint density at radius 2 is 1.76 bits per heavy atom. The molecule has 6 nitrogen and oxygen atoms in total. The number of ether oxygens (including phenoxy) is 1. The Kier molecular flexibility index (Phi) is 7.61. The predicted octanol–water partition coefficient (Wildman–Crippen LogP) is 6.07. The molecule has 1 aromatic heterocycles. The van der Waals surface area contributed by atoms with Crippen molar-refractivity contribution < 1.29 is 23.0 Å². The summed E-state index contributed by atoms with van der Waals surface area (Å²) < 4.78 is 44.4. The first-order valence-corrected chi connectivity index (χ1v) is 11.0. The Bertz CT molecular complexity index is 1030. The molecule has 178 valence electrons. The average molecular weight is 463 g/mol. The number of H-pyrrole nitrogens is 1. The highest BCUT2D eigenvalue weighted by atomic mass is 19.4. The molecule has 0 saturated heterocycles. The highest BCUT2D eigenvalue weighted by Crippen LogP contribution is 2.37. The van der Waals surface area contributed by atoms with Crippen LogP contribution >= 0.6 is 0 Å². The lowest BCUT2D eigenvalue weighted by Crippen LogP contribution is -2.19. The molecule has 2 N–H and O–H groups in total. The van der Waals surface area contributed by atoms with Crippen molar-refractivity contribution in [2.45, 2.75) is 64.5 Å². The first kappa shape index (κ1) is 24.5. The van der Waals surface area contributed by atoms with Crippen LogP contribution in [0.2, 0.25) is 0 Å². The number of tetrazole rings is 1. The van der Waals surface area contributed by atoms with E-state index in [1.807, 2.05) is 6.92 Å². The number of halogens is 3. The number of hydrogen-bond acceptors (Lipinski definition) is 5. The van der Waals surface area contributed by atoms with Gasteiger partial charge >= 0.3 is 6.18 Å². The van der Waals surface area contributed by atoms with Crippen LogP contribution in [-0.4, -0.2) is 32.3 Å². The summed E-state index contributed by atoms with van der Waals surface area (Å²) in [7, 11) is 0. The van der Waals surface area contributed by atoms with Crippen LogP contribution in [0.15, 0.2) is 36.4 Å². The second-order valence-corrected chi connectivity index (χ2v) is 8.68. The first-order chi connectivity index (χ1) is 15.6. The number of aryl methyl sites for hydroxylation is 1. The van der Waals surface area contributed by atoms with Gasteiger partial charge in [0.05, 0.1) is 12.2 Å². The predicted molar refractivity (Wildman–Crippen MR) is 119 cm³/mol. The van der Waals surface area contributed by atoms with Crippen LogP contribution in [0.1, 0.15) is 63.4 Å². The molecule has 0 radical (unpaired) electrons. The minimum absolute atomic E-state index is 0.0242. The van der Waals surface area contributed by atoms with Crippen molar-refractivity contribution >= 4 is 0 Å². The van der Waals surface area contributed by atoms with Crippen molar-refractivity contribution in [3.05, 3.63) is 53.3 Å². The second-order valence-electron chi connectivity index (χ2n) is 8.68. The van der Waals surface area contributed by atoms with Gasteiger partial charge in [0.25, 0.3) is 0 Å². The average Bonchev–Trinajstić information content (AvgIpc) is 3.32. The quantitative estimate of drug-likeness (QED) is 0.357. The van der Waals surface area contributed by atoms with Gasteiger partial charge in [-0.25, -0.2) is 0 Å². The third-order valence-electron chi connectivity index (χ3n) is 5.74. The van der Waals surface area contributed by atoms with Gasteiger partial charge in [0.1, 0.15) is 11.5 Å². The van der Waals surface area contributed by atoms with Crippen LogP contribution in [0, 0.1) is 0 Å². The van der Waals surface area contributed by atoms with E-state index in [-0.39, 0.29) is 11.2 Å². The fourth-order valence-corrected chi connectivity index (χ4v) is 3.68. The number of hydrogen-bond donors (Lipinski definition) is 2. The summed E-state index contributed by atoms with van der Waals surface area (Å²) in [5.41, 5.74) is 1.02. The molecule has 0 aliphatic heterocycles. The highest BCUT2D eigenvalue weighted by molar-refractivity contribution is 5.72. The summed E-state index contributed by atoms with van der Waals surface area (Å²) in [4.78, 5) is 0. The van der Waals surface area contributed by atoms with Crippen LogP contribution < -0.4 is 4.74 Å². The standard InChI is InChI=1S/C24H29F3N4O2/c1-4-16-14-19(17-8-10-18(11-9-17)24(25,26)27)20(32)15-21(16)33-13-7-5-6-12-23(2,3)22-28-30-31-29-22/h8-11,14-15,32H,4-7,12-13H2,1-3H3,(H,28,29,30,31). The SMILES string of the molecule is CCc1cc(-c2ccc(C(F)(F)F)cc2)c(O)cc1OCCCCCC(C)(C)c1nn[nH]n1. The first-order valence-electron chi connectivity index (χ1n) is 11.0. The van der Waals surface area contributed by atoms with E-state index in [1.54, 1.807) is 12.1 Å². The van der Waals surface area contributed by atoms with E-state index in [2.05, 4.69) is 34.5 Å². The molecular weight excluding hydrogens is 433 g/mol. The number of nitrogens with zero attached hydrogens (tertiary/aromatic N) is 3. The molecular formula is C24H29F3N4O2. The number of benzene rings is 2. The second kappa shape index (κ2) is 10.2. The zero-order valence-corrected chi connectivity index (χ0v) is 19.0. The van der Waals surface area contributed by atoms with Gasteiger partial charge in [0.2, 0.25) is 0 Å². The number of aromatic hydroxyl groups is 1. The van der Waals surface area contributed by atoms with E-state index in [4.69, 9.17) is 4.74 Å². The summed E-state index contributed by atoms with van der Waals surface area (Å²) in [6.45, 7) is 6.65. The maximum atomic E-state index is 12.8. The van der Waals surface area contributed by atoms with Gasteiger partial charge in [-0.3, -0.25) is 0 Å². The van der Waals surface area contributed by atoms with Crippen molar-refractivity contribution in [2.24, 2.45) is 0 Å². The van der Waals surface area contributed by atoms with E-state index in [0.29, 0.717) is 35.7 Å². The molecule has 0 saturated carbocycles. The fraction of sp³-hybridized carbons (Fsp3) is 0.458. The molecule has 3 rings (SSSR count). The molecule has 2 aromatic carbocycles. The van der Waals surface area contributed by atoms with Gasteiger partial charge < -0.3 is 9.84 Å². The molecule has 0 amide bonds. The summed E-state index contributed by atoms with van der Waals surface area (Å²) in [6, 6.07) is 8.10. The molecule has 0 atom stereocenters.